The van der Waals surface area contributed by atoms with Crippen LogP contribution in [0.3, 0.4) is 0 Å². The fraction of sp³-hybridized carbons (Fsp3) is 0.545. The van der Waals surface area contributed by atoms with Gasteiger partial charge in [0.05, 0.1) is 11.9 Å². The molecule has 2 aliphatic heterocycles. The second-order valence-corrected chi connectivity index (χ2v) is 9.14. The molecule has 34 heavy (non-hydrogen) atoms. The van der Waals surface area contributed by atoms with E-state index in [4.69, 9.17) is 0 Å². The standard InChI is InChI=1S/C22H29N7O5/c1-27(2)20(34)18(32)26-22-6-4-14(5-7-22)12-29-19(33)16(30)15(25-21(22)29)17(31)24-8-3-10-28-11-9-23-13-28/h9,11,13-14,30H,3-8,10,12H2,1-2H3,(H,24,31)(H,26,32). The Morgan fingerprint density at radius 3 is 2.65 bits per heavy atom. The maximum atomic E-state index is 13.1. The van der Waals surface area contributed by atoms with E-state index >= 15 is 0 Å². The molecule has 0 aromatic carbocycles. The van der Waals surface area contributed by atoms with E-state index in [9.17, 15) is 24.3 Å². The lowest BCUT2D eigenvalue weighted by Crippen LogP contribution is -2.53. The molecule has 3 N–H and O–H groups in total. The Kier molecular flexibility index (Phi) is 6.40. The topological polar surface area (TPSA) is 151 Å². The van der Waals surface area contributed by atoms with E-state index in [-0.39, 0.29) is 17.4 Å². The van der Waals surface area contributed by atoms with Crippen LogP contribution < -0.4 is 16.2 Å². The number of carbonyl (C=O) groups is 3. The van der Waals surface area contributed by atoms with E-state index in [2.05, 4.69) is 20.6 Å². The van der Waals surface area contributed by atoms with E-state index in [1.54, 1.807) is 12.5 Å². The minimum Gasteiger partial charge on any atom is -0.501 e. The Hall–Kier alpha value is -3.70. The first kappa shape index (κ1) is 23.5. The summed E-state index contributed by atoms with van der Waals surface area (Å²) in [6.45, 7) is 1.28. The molecule has 0 unspecified atom stereocenters. The summed E-state index contributed by atoms with van der Waals surface area (Å²) in [4.78, 5) is 60.3. The van der Waals surface area contributed by atoms with Gasteiger partial charge in [-0.3, -0.25) is 23.7 Å². The van der Waals surface area contributed by atoms with Crippen LogP contribution in [-0.2, 0) is 28.2 Å². The maximum Gasteiger partial charge on any atom is 0.311 e. The molecule has 1 aliphatic carbocycles. The van der Waals surface area contributed by atoms with Crippen LogP contribution in [0.4, 0.5) is 0 Å². The minimum atomic E-state index is -1.07. The average molecular weight is 472 g/mol. The van der Waals surface area contributed by atoms with Crippen molar-refractivity contribution in [3.05, 3.63) is 40.6 Å². The van der Waals surface area contributed by atoms with Crippen LogP contribution in [0, 0.1) is 5.92 Å². The molecule has 4 heterocycles. The molecule has 12 nitrogen and oxygen atoms in total. The third-order valence-corrected chi connectivity index (χ3v) is 6.58. The first-order chi connectivity index (χ1) is 16.2. The van der Waals surface area contributed by atoms with Crippen LogP contribution in [0.25, 0.3) is 0 Å². The van der Waals surface area contributed by atoms with Crippen molar-refractivity contribution in [3.63, 3.8) is 0 Å². The zero-order valence-electron chi connectivity index (χ0n) is 19.3. The van der Waals surface area contributed by atoms with Gasteiger partial charge in [-0.2, -0.15) is 0 Å². The van der Waals surface area contributed by atoms with Crippen molar-refractivity contribution in [2.75, 3.05) is 20.6 Å². The monoisotopic (exact) mass is 471 g/mol. The summed E-state index contributed by atoms with van der Waals surface area (Å²) >= 11 is 0. The molecule has 5 rings (SSSR count). The smallest absolute Gasteiger partial charge is 0.311 e. The summed E-state index contributed by atoms with van der Waals surface area (Å²) in [6.07, 6.45) is 8.16. The molecule has 12 heteroatoms. The second kappa shape index (κ2) is 9.27. The van der Waals surface area contributed by atoms with Crippen molar-refractivity contribution in [3.8, 4) is 5.75 Å². The predicted molar refractivity (Wildman–Crippen MR) is 120 cm³/mol. The highest BCUT2D eigenvalue weighted by Crippen LogP contribution is 2.42. The third kappa shape index (κ3) is 4.39. The molecular weight excluding hydrogens is 442 g/mol. The Morgan fingerprint density at radius 1 is 1.26 bits per heavy atom. The van der Waals surface area contributed by atoms with Crippen molar-refractivity contribution in [2.45, 2.75) is 50.7 Å². The number of nitrogens with one attached hydrogen (secondary N) is 2. The number of hydrogen-bond acceptors (Lipinski definition) is 7. The van der Waals surface area contributed by atoms with Gasteiger partial charge in [0.15, 0.2) is 5.69 Å². The molecule has 2 aromatic rings. The van der Waals surface area contributed by atoms with Crippen LogP contribution in [-0.4, -0.2) is 67.5 Å². The van der Waals surface area contributed by atoms with Gasteiger partial charge in [-0.1, -0.05) is 0 Å². The Bertz CT molecular complexity index is 1150. The number of carbonyl (C=O) groups excluding carboxylic acids is 3. The molecule has 0 atom stereocenters. The fourth-order valence-corrected chi connectivity index (χ4v) is 4.69. The Labute approximate surface area is 196 Å². The van der Waals surface area contributed by atoms with Crippen molar-refractivity contribution >= 4 is 17.7 Å². The highest BCUT2D eigenvalue weighted by Gasteiger charge is 2.46. The first-order valence-corrected chi connectivity index (χ1v) is 11.3. The third-order valence-electron chi connectivity index (χ3n) is 6.58. The highest BCUT2D eigenvalue weighted by molar-refractivity contribution is 6.35. The number of likely N-dealkylation sites (N-methyl/N-ethyl adjacent to an activating group) is 1. The summed E-state index contributed by atoms with van der Waals surface area (Å²) < 4.78 is 3.21. The minimum absolute atomic E-state index is 0.178. The molecule has 0 radical (unpaired) electrons. The van der Waals surface area contributed by atoms with Crippen molar-refractivity contribution in [2.24, 2.45) is 5.92 Å². The molecule has 0 saturated heterocycles. The number of nitrogens with zero attached hydrogens (tertiary/aromatic N) is 5. The second-order valence-electron chi connectivity index (χ2n) is 9.14. The largest absolute Gasteiger partial charge is 0.501 e. The summed E-state index contributed by atoms with van der Waals surface area (Å²) in [5.41, 5.74) is -2.17. The van der Waals surface area contributed by atoms with Gasteiger partial charge in [-0.05, 0) is 38.0 Å². The van der Waals surface area contributed by atoms with E-state index in [1.165, 1.54) is 23.6 Å². The highest BCUT2D eigenvalue weighted by atomic mass is 16.3. The average Bonchev–Trinajstić information content (AvgIpc) is 3.23. The summed E-state index contributed by atoms with van der Waals surface area (Å²) in [5, 5.41) is 16.0. The van der Waals surface area contributed by atoms with E-state index in [0.717, 1.165) is 12.8 Å². The van der Waals surface area contributed by atoms with Gasteiger partial charge in [0, 0.05) is 46.1 Å². The van der Waals surface area contributed by atoms with Crippen molar-refractivity contribution in [1.82, 2.24) is 34.6 Å². The first-order valence-electron chi connectivity index (χ1n) is 11.3. The van der Waals surface area contributed by atoms with Crippen LogP contribution in [0.1, 0.15) is 48.4 Å². The van der Waals surface area contributed by atoms with Gasteiger partial charge >= 0.3 is 11.8 Å². The molecule has 182 valence electrons. The Balaban J connectivity index is 1.61. The predicted octanol–water partition coefficient (Wildman–Crippen LogP) is -0.431. The van der Waals surface area contributed by atoms with E-state index in [1.807, 2.05) is 10.8 Å². The summed E-state index contributed by atoms with van der Waals surface area (Å²) in [7, 11) is 2.96. The Morgan fingerprint density at radius 2 is 2.00 bits per heavy atom. The van der Waals surface area contributed by atoms with Crippen LogP contribution >= 0.6 is 0 Å². The van der Waals surface area contributed by atoms with Crippen LogP contribution in [0.2, 0.25) is 0 Å². The molecule has 3 aliphatic rings. The molecule has 1 saturated carbocycles. The number of rotatable bonds is 6. The lowest BCUT2D eigenvalue weighted by molar-refractivity contribution is -0.145. The number of aromatic hydroxyl groups is 1. The number of aryl methyl sites for hydroxylation is 1. The summed E-state index contributed by atoms with van der Waals surface area (Å²) in [5.74, 6) is -2.53. The zero-order valence-corrected chi connectivity index (χ0v) is 19.3. The SMILES string of the molecule is CN(C)C(=O)C(=O)NC12CCC(CC1)Cn1c2nc(C(=O)NCCCn2ccnc2)c(O)c1=O. The number of aromatic nitrogens is 4. The summed E-state index contributed by atoms with van der Waals surface area (Å²) in [6, 6.07) is 0. The van der Waals surface area contributed by atoms with E-state index < -0.39 is 34.6 Å². The zero-order chi connectivity index (χ0) is 24.5. The van der Waals surface area contributed by atoms with Gasteiger partial charge in [0.25, 0.3) is 11.5 Å². The molecule has 3 amide bonds. The van der Waals surface area contributed by atoms with Crippen LogP contribution in [0.5, 0.6) is 5.75 Å². The molecule has 0 spiro atoms. The molecule has 2 bridgehead atoms. The van der Waals surface area contributed by atoms with Gasteiger partial charge in [0.1, 0.15) is 5.82 Å². The van der Waals surface area contributed by atoms with Crippen molar-refractivity contribution < 1.29 is 19.5 Å². The number of imidazole rings is 1. The normalized spacial score (nSPS) is 20.8. The van der Waals surface area contributed by atoms with Gasteiger partial charge in [-0.25, -0.2) is 9.97 Å². The quantitative estimate of drug-likeness (QED) is 0.382. The number of amides is 3. The lowest BCUT2D eigenvalue weighted by Gasteiger charge is -2.37. The number of hydrogen-bond donors (Lipinski definition) is 3. The van der Waals surface area contributed by atoms with Gasteiger partial charge < -0.3 is 25.2 Å². The molecule has 1 fully saturated rings. The molecular formula is C22H29N7O5. The maximum absolute atomic E-state index is 13.1. The lowest BCUT2D eigenvalue weighted by atomic mass is 9.77. The molecule has 2 aromatic heterocycles. The number of fused-ring (bicyclic) bond motifs is 2. The van der Waals surface area contributed by atoms with Crippen molar-refractivity contribution in [1.29, 1.82) is 0 Å². The van der Waals surface area contributed by atoms with Gasteiger partial charge in [0.2, 0.25) is 5.75 Å². The van der Waals surface area contributed by atoms with Gasteiger partial charge in [-0.15, -0.1) is 0 Å². The fourth-order valence-electron chi connectivity index (χ4n) is 4.69. The van der Waals surface area contributed by atoms with Crippen LogP contribution in [0.15, 0.2) is 23.5 Å². The van der Waals surface area contributed by atoms with E-state index in [0.29, 0.717) is 38.9 Å².